The summed E-state index contributed by atoms with van der Waals surface area (Å²) in [5, 5.41) is 5.05. The van der Waals surface area contributed by atoms with Gasteiger partial charge in [0.15, 0.2) is 0 Å². The maximum atomic E-state index is 6.63. The van der Waals surface area contributed by atoms with Gasteiger partial charge in [-0.05, 0) is 68.0 Å². The normalized spacial score (nSPS) is 29.0. The third-order valence-corrected chi connectivity index (χ3v) is 10.6. The van der Waals surface area contributed by atoms with Crippen molar-refractivity contribution < 1.29 is 9.47 Å². The topological polar surface area (TPSA) is 56.4 Å². The molecule has 0 bridgehead atoms. The molecule has 43 heavy (non-hydrogen) atoms. The van der Waals surface area contributed by atoms with Crippen molar-refractivity contribution in [1.82, 2.24) is 15.2 Å². The first kappa shape index (κ1) is 27.4. The van der Waals surface area contributed by atoms with Gasteiger partial charge in [-0.25, -0.2) is 0 Å². The summed E-state index contributed by atoms with van der Waals surface area (Å²) < 4.78 is 12.9. The van der Waals surface area contributed by atoms with E-state index in [-0.39, 0.29) is 12.3 Å². The molecule has 5 heterocycles. The van der Waals surface area contributed by atoms with Crippen LogP contribution in [-0.4, -0.2) is 73.6 Å². The van der Waals surface area contributed by atoms with Crippen LogP contribution in [0.1, 0.15) is 43.9 Å². The SMILES string of the molecule is Cc1ccc2c(N3CCN(CCc4cccc5c4OCC4C(C6O[C@@H]6NC6CCCC6)C(C)C=CN54)CC3)cccc2n1. The summed E-state index contributed by atoms with van der Waals surface area (Å²) in [4.78, 5) is 12.4. The van der Waals surface area contributed by atoms with Crippen LogP contribution in [0.3, 0.4) is 0 Å². The fourth-order valence-corrected chi connectivity index (χ4v) is 8.16. The molecule has 1 aliphatic carbocycles. The number of piperazine rings is 1. The zero-order valence-corrected chi connectivity index (χ0v) is 25.6. The summed E-state index contributed by atoms with van der Waals surface area (Å²) in [5.41, 5.74) is 6.00. The summed E-state index contributed by atoms with van der Waals surface area (Å²) in [7, 11) is 0. The van der Waals surface area contributed by atoms with Crippen LogP contribution in [0.2, 0.25) is 0 Å². The number of nitrogens with zero attached hydrogens (tertiary/aromatic N) is 4. The molecule has 1 aromatic heterocycles. The Hall–Kier alpha value is -3.13. The highest BCUT2D eigenvalue weighted by atomic mass is 16.6. The summed E-state index contributed by atoms with van der Waals surface area (Å²) >= 11 is 0. The Morgan fingerprint density at radius 1 is 0.953 bits per heavy atom. The summed E-state index contributed by atoms with van der Waals surface area (Å²) in [6.07, 6.45) is 11.4. The van der Waals surface area contributed by atoms with Crippen molar-refractivity contribution in [2.75, 3.05) is 49.1 Å². The number of benzene rings is 2. The van der Waals surface area contributed by atoms with Gasteiger partial charge in [0, 0.05) is 67.7 Å². The van der Waals surface area contributed by atoms with E-state index in [1.54, 1.807) is 0 Å². The summed E-state index contributed by atoms with van der Waals surface area (Å²) in [6.45, 7) is 10.4. The average molecular weight is 580 g/mol. The van der Waals surface area contributed by atoms with Gasteiger partial charge < -0.3 is 19.3 Å². The number of allylic oxidation sites excluding steroid dienone is 1. The second-order valence-electron chi connectivity index (χ2n) is 13.4. The van der Waals surface area contributed by atoms with Crippen molar-refractivity contribution in [1.29, 1.82) is 0 Å². The molecule has 2 aromatic carbocycles. The fourth-order valence-electron chi connectivity index (χ4n) is 8.16. The Labute approximate surface area is 255 Å². The minimum Gasteiger partial charge on any atom is -0.489 e. The number of anilines is 2. The maximum Gasteiger partial charge on any atom is 0.146 e. The van der Waals surface area contributed by atoms with E-state index in [0.29, 0.717) is 23.9 Å². The first-order chi connectivity index (χ1) is 21.1. The molecular formula is C36H45N5O2. The second-order valence-corrected chi connectivity index (χ2v) is 13.4. The van der Waals surface area contributed by atoms with Crippen molar-refractivity contribution in [2.45, 2.75) is 70.4 Å². The number of fused-ring (bicyclic) bond motifs is 4. The van der Waals surface area contributed by atoms with E-state index in [2.05, 4.69) is 94.7 Å². The van der Waals surface area contributed by atoms with Crippen LogP contribution in [-0.2, 0) is 11.2 Å². The van der Waals surface area contributed by atoms with Gasteiger partial charge in [-0.1, -0.05) is 44.0 Å². The molecule has 0 amide bonds. The van der Waals surface area contributed by atoms with Crippen LogP contribution in [0.5, 0.6) is 5.75 Å². The number of epoxide rings is 1. The molecule has 0 radical (unpaired) electrons. The molecule has 7 heteroatoms. The third-order valence-electron chi connectivity index (χ3n) is 10.6. The lowest BCUT2D eigenvalue weighted by Gasteiger charge is -2.45. The zero-order valence-electron chi connectivity index (χ0n) is 25.6. The third kappa shape index (κ3) is 5.30. The van der Waals surface area contributed by atoms with Gasteiger partial charge >= 0.3 is 0 Å². The first-order valence-corrected chi connectivity index (χ1v) is 16.6. The average Bonchev–Trinajstić information content (AvgIpc) is 3.57. The molecule has 2 saturated heterocycles. The molecule has 3 aromatic rings. The van der Waals surface area contributed by atoms with Crippen LogP contribution in [0.25, 0.3) is 10.9 Å². The summed E-state index contributed by atoms with van der Waals surface area (Å²) in [5.74, 6) is 1.98. The fraction of sp³-hybridized carbons (Fsp3) is 0.528. The molecule has 5 aliphatic rings. The minimum atomic E-state index is 0.207. The smallest absolute Gasteiger partial charge is 0.146 e. The molecule has 0 spiro atoms. The van der Waals surface area contributed by atoms with Crippen LogP contribution in [0.15, 0.2) is 60.8 Å². The Balaban J connectivity index is 0.909. The zero-order chi connectivity index (χ0) is 28.9. The van der Waals surface area contributed by atoms with Gasteiger partial charge in [0.25, 0.3) is 0 Å². The predicted octanol–water partition coefficient (Wildman–Crippen LogP) is 5.51. The lowest BCUT2D eigenvalue weighted by molar-refractivity contribution is 0.168. The van der Waals surface area contributed by atoms with E-state index in [9.17, 15) is 0 Å². The standard InChI is InChI=1S/C36H45N5O2/c1-24-15-18-41-31-12-5-7-26(34(31)42-23-32(41)33(24)35-36(43-35)38-27-8-3-4-9-27)16-17-39-19-21-40(22-20-39)30-11-6-10-29-28(30)14-13-25(2)37-29/h5-7,10-15,18,24,27,32-33,35-36,38H,3-4,8-9,16-17,19-23H2,1-2H3/t24?,32?,33?,35?,36-/m0/s1. The summed E-state index contributed by atoms with van der Waals surface area (Å²) in [6, 6.07) is 18.5. The number of rotatable bonds is 7. The Morgan fingerprint density at radius 3 is 2.63 bits per heavy atom. The largest absolute Gasteiger partial charge is 0.489 e. The molecule has 7 nitrogen and oxygen atoms in total. The molecule has 3 fully saturated rings. The molecule has 4 aliphatic heterocycles. The van der Waals surface area contributed by atoms with Gasteiger partial charge in [0.05, 0.1) is 17.2 Å². The van der Waals surface area contributed by atoms with Crippen LogP contribution < -0.4 is 19.9 Å². The number of aromatic nitrogens is 1. The Kier molecular flexibility index (Phi) is 7.28. The number of hydrogen-bond acceptors (Lipinski definition) is 7. The Bertz CT molecular complexity index is 1490. The minimum absolute atomic E-state index is 0.207. The van der Waals surface area contributed by atoms with Crippen LogP contribution in [0, 0.1) is 18.8 Å². The molecule has 1 N–H and O–H groups in total. The molecule has 4 unspecified atom stereocenters. The Morgan fingerprint density at radius 2 is 1.77 bits per heavy atom. The number of hydrogen-bond donors (Lipinski definition) is 1. The molecular weight excluding hydrogens is 534 g/mol. The lowest BCUT2D eigenvalue weighted by Crippen LogP contribution is -2.52. The van der Waals surface area contributed by atoms with E-state index < -0.39 is 0 Å². The monoisotopic (exact) mass is 579 g/mol. The van der Waals surface area contributed by atoms with Gasteiger partial charge in [-0.2, -0.15) is 0 Å². The van der Waals surface area contributed by atoms with Crippen molar-refractivity contribution in [3.8, 4) is 5.75 Å². The first-order valence-electron chi connectivity index (χ1n) is 16.6. The quantitative estimate of drug-likeness (QED) is 0.371. The van der Waals surface area contributed by atoms with E-state index in [0.717, 1.165) is 62.7 Å². The van der Waals surface area contributed by atoms with Crippen molar-refractivity contribution in [2.24, 2.45) is 11.8 Å². The number of nitrogens with one attached hydrogen (secondary N) is 1. The number of pyridine rings is 1. The molecule has 1 saturated carbocycles. The highest BCUT2D eigenvalue weighted by Crippen LogP contribution is 2.46. The van der Waals surface area contributed by atoms with Gasteiger partial charge in [-0.15, -0.1) is 0 Å². The van der Waals surface area contributed by atoms with Crippen molar-refractivity contribution in [3.05, 3.63) is 72.1 Å². The van der Waals surface area contributed by atoms with E-state index in [4.69, 9.17) is 14.5 Å². The van der Waals surface area contributed by atoms with Gasteiger partial charge in [0.1, 0.15) is 24.7 Å². The van der Waals surface area contributed by atoms with Crippen LogP contribution in [0.4, 0.5) is 11.4 Å². The molecule has 226 valence electrons. The van der Waals surface area contributed by atoms with E-state index >= 15 is 0 Å². The maximum absolute atomic E-state index is 6.63. The predicted molar refractivity (Wildman–Crippen MR) is 173 cm³/mol. The van der Waals surface area contributed by atoms with E-state index in [1.165, 1.54) is 48.0 Å². The van der Waals surface area contributed by atoms with Crippen molar-refractivity contribution in [3.63, 3.8) is 0 Å². The number of para-hydroxylation sites is 1. The van der Waals surface area contributed by atoms with E-state index in [1.807, 2.05) is 0 Å². The van der Waals surface area contributed by atoms with Crippen molar-refractivity contribution >= 4 is 22.3 Å². The number of ether oxygens (including phenoxy) is 2. The number of aryl methyl sites for hydroxylation is 1. The second kappa shape index (κ2) is 11.4. The highest BCUT2D eigenvalue weighted by molar-refractivity contribution is 5.92. The highest BCUT2D eigenvalue weighted by Gasteiger charge is 2.53. The molecule has 8 rings (SSSR count). The van der Waals surface area contributed by atoms with Gasteiger partial charge in [-0.3, -0.25) is 15.2 Å². The van der Waals surface area contributed by atoms with Gasteiger partial charge in [0.2, 0.25) is 0 Å². The molecule has 5 atom stereocenters. The lowest BCUT2D eigenvalue weighted by atomic mass is 9.80. The van der Waals surface area contributed by atoms with Crippen LogP contribution >= 0.6 is 0 Å².